The van der Waals surface area contributed by atoms with Gasteiger partial charge in [0.05, 0.1) is 19.3 Å². The molecule has 1 heterocycles. The number of likely N-dealkylation sites (tertiary alicyclic amines) is 1. The zero-order valence-corrected chi connectivity index (χ0v) is 20.9. The second kappa shape index (κ2) is 9.82. The van der Waals surface area contributed by atoms with Gasteiger partial charge in [-0.1, -0.05) is 91.0 Å². The molecule has 0 N–H and O–H groups in total. The van der Waals surface area contributed by atoms with Gasteiger partial charge in [-0.25, -0.2) is 4.39 Å². The van der Waals surface area contributed by atoms with E-state index in [2.05, 4.69) is 15.9 Å². The third-order valence-corrected chi connectivity index (χ3v) is 7.50. The van der Waals surface area contributed by atoms with E-state index >= 15 is 4.39 Å². The minimum absolute atomic E-state index is 0.160. The molecule has 3 aromatic rings. The number of rotatable bonds is 9. The van der Waals surface area contributed by atoms with Gasteiger partial charge in [-0.05, 0) is 27.1 Å². The molecule has 5 nitrogen and oxygen atoms in total. The van der Waals surface area contributed by atoms with Crippen molar-refractivity contribution in [2.75, 3.05) is 7.11 Å². The highest BCUT2D eigenvalue weighted by Crippen LogP contribution is 2.57. The fourth-order valence-electron chi connectivity index (χ4n) is 4.83. The van der Waals surface area contributed by atoms with Crippen LogP contribution >= 0.6 is 15.9 Å². The molecule has 3 aromatic carbocycles. The average Bonchev–Trinajstić information content (AvgIpc) is 3.44. The fourth-order valence-corrected chi connectivity index (χ4v) is 5.34. The summed E-state index contributed by atoms with van der Waals surface area (Å²) in [7, 11) is 1.53. The second-order valence-corrected chi connectivity index (χ2v) is 10.2. The van der Waals surface area contributed by atoms with E-state index in [1.54, 1.807) is 0 Å². The van der Waals surface area contributed by atoms with Crippen LogP contribution in [0.3, 0.4) is 0 Å². The highest BCUT2D eigenvalue weighted by molar-refractivity contribution is 9.10. The van der Waals surface area contributed by atoms with Gasteiger partial charge in [-0.2, -0.15) is 0 Å². The molecule has 0 spiro atoms. The quantitative estimate of drug-likeness (QED) is 0.345. The van der Waals surface area contributed by atoms with Crippen LogP contribution in [0.2, 0.25) is 0 Å². The van der Waals surface area contributed by atoms with Gasteiger partial charge in [-0.15, -0.1) is 0 Å². The Kier molecular flexibility index (Phi) is 6.77. The highest BCUT2D eigenvalue weighted by atomic mass is 79.9. The maximum Gasteiger partial charge on any atom is 0.257 e. The van der Waals surface area contributed by atoms with Crippen LogP contribution in [0.5, 0.6) is 0 Å². The molecule has 0 radical (unpaired) electrons. The molecule has 1 saturated carbocycles. The number of hydrogen-bond donors (Lipinski definition) is 0. The van der Waals surface area contributed by atoms with Gasteiger partial charge >= 0.3 is 0 Å². The van der Waals surface area contributed by atoms with Crippen LogP contribution in [-0.2, 0) is 37.9 Å². The molecular weight excluding hydrogens is 513 g/mol. The first-order valence-corrected chi connectivity index (χ1v) is 12.4. The molecular formula is C28H27BrFNO4. The van der Waals surface area contributed by atoms with Crippen LogP contribution in [0.4, 0.5) is 4.39 Å². The summed E-state index contributed by atoms with van der Waals surface area (Å²) in [5.41, 5.74) is 1.22. The van der Waals surface area contributed by atoms with E-state index < -0.39 is 28.6 Å². The van der Waals surface area contributed by atoms with Crippen LogP contribution in [0.1, 0.15) is 23.1 Å². The van der Waals surface area contributed by atoms with E-state index in [-0.39, 0.29) is 25.5 Å². The van der Waals surface area contributed by atoms with E-state index in [1.807, 2.05) is 91.0 Å². The lowest BCUT2D eigenvalue weighted by molar-refractivity contribution is -0.209. The smallest absolute Gasteiger partial charge is 0.257 e. The number of nitrogens with zero attached hydrogens (tertiary/aromatic N) is 1. The average molecular weight is 540 g/mol. The first kappa shape index (κ1) is 24.1. The Labute approximate surface area is 212 Å². The maximum atomic E-state index is 15.0. The molecule has 7 heteroatoms. The van der Waals surface area contributed by atoms with E-state index in [9.17, 15) is 4.79 Å². The van der Waals surface area contributed by atoms with Crippen molar-refractivity contribution in [3.8, 4) is 0 Å². The van der Waals surface area contributed by atoms with Crippen LogP contribution < -0.4 is 0 Å². The van der Waals surface area contributed by atoms with Crippen LogP contribution in [-0.4, -0.2) is 40.7 Å². The largest absolute Gasteiger partial charge is 0.365 e. The molecule has 1 aliphatic heterocycles. The Balaban J connectivity index is 1.55. The fraction of sp³-hybridized carbons (Fsp3) is 0.321. The van der Waals surface area contributed by atoms with Crippen LogP contribution in [0.15, 0.2) is 91.0 Å². The zero-order chi connectivity index (χ0) is 24.5. The Hall–Kier alpha value is -2.58. The van der Waals surface area contributed by atoms with Crippen molar-refractivity contribution in [2.24, 2.45) is 0 Å². The van der Waals surface area contributed by atoms with Crippen molar-refractivity contribution in [1.29, 1.82) is 0 Å². The molecule has 0 aromatic heterocycles. The minimum atomic E-state index is -1.68. The summed E-state index contributed by atoms with van der Waals surface area (Å²) in [5, 5.41) is 0. The molecule has 0 bridgehead atoms. The number of amides is 1. The number of carbonyl (C=O) groups is 1. The first-order valence-electron chi connectivity index (χ1n) is 11.6. The molecule has 182 valence electrons. The van der Waals surface area contributed by atoms with Crippen LogP contribution in [0.25, 0.3) is 0 Å². The predicted molar refractivity (Wildman–Crippen MR) is 133 cm³/mol. The number of alkyl halides is 2. The monoisotopic (exact) mass is 539 g/mol. The van der Waals surface area contributed by atoms with E-state index in [0.29, 0.717) is 5.56 Å². The summed E-state index contributed by atoms with van der Waals surface area (Å²) >= 11 is 3.14. The molecule has 2 fully saturated rings. The normalized spacial score (nSPS) is 30.0. The second-order valence-electron chi connectivity index (χ2n) is 8.89. The Morgan fingerprint density at radius 3 is 1.86 bits per heavy atom. The lowest BCUT2D eigenvalue weighted by atomic mass is 9.95. The van der Waals surface area contributed by atoms with Crippen molar-refractivity contribution in [3.63, 3.8) is 0 Å². The van der Waals surface area contributed by atoms with Gasteiger partial charge in [-0.3, -0.25) is 9.69 Å². The first-order chi connectivity index (χ1) is 17.0. The summed E-state index contributed by atoms with van der Waals surface area (Å²) in [4.78, 5) is 15.4. The number of methoxy groups -OCH3 is 1. The van der Waals surface area contributed by atoms with Crippen molar-refractivity contribution in [3.05, 3.63) is 108 Å². The van der Waals surface area contributed by atoms with Crippen molar-refractivity contribution < 1.29 is 23.4 Å². The molecule has 2 aliphatic rings. The molecule has 5 atom stereocenters. The molecule has 1 saturated heterocycles. The Morgan fingerprint density at radius 2 is 1.37 bits per heavy atom. The van der Waals surface area contributed by atoms with Gasteiger partial charge in [0, 0.05) is 19.1 Å². The zero-order valence-electron chi connectivity index (χ0n) is 19.3. The highest BCUT2D eigenvalue weighted by Gasteiger charge is 2.71. The van der Waals surface area contributed by atoms with Gasteiger partial charge in [0.1, 0.15) is 6.10 Å². The standard InChI is InChI=1S/C28H27BrFNO4/c1-33-28(22-15-9-4-10-16-22)25(35-19-21-13-7-3-8-14-21)24(34-18-20-11-5-2-6-12-20)26(32)31(28)23-17-27(23,29)30/h2-16,23-25H,17-19H2,1H3. The number of hydrogen-bond acceptors (Lipinski definition) is 4. The summed E-state index contributed by atoms with van der Waals surface area (Å²) in [6.07, 6.45) is -1.66. The van der Waals surface area contributed by atoms with E-state index in [4.69, 9.17) is 14.2 Å². The van der Waals surface area contributed by atoms with Crippen molar-refractivity contribution >= 4 is 21.8 Å². The lowest BCUT2D eigenvalue weighted by Gasteiger charge is -2.41. The maximum absolute atomic E-state index is 15.0. The molecule has 5 rings (SSSR count). The predicted octanol–water partition coefficient (Wildman–Crippen LogP) is 5.33. The molecule has 1 amide bonds. The summed E-state index contributed by atoms with van der Waals surface area (Å²) in [6.45, 7) is 0.458. The Morgan fingerprint density at radius 1 is 0.886 bits per heavy atom. The van der Waals surface area contributed by atoms with E-state index in [0.717, 1.165) is 11.1 Å². The van der Waals surface area contributed by atoms with Gasteiger partial charge in [0.25, 0.3) is 5.91 Å². The minimum Gasteiger partial charge on any atom is -0.365 e. The van der Waals surface area contributed by atoms with E-state index in [1.165, 1.54) is 12.0 Å². The molecule has 35 heavy (non-hydrogen) atoms. The number of carbonyl (C=O) groups excluding carboxylic acids is 1. The van der Waals surface area contributed by atoms with Crippen LogP contribution in [0, 0.1) is 0 Å². The number of ether oxygens (including phenoxy) is 3. The third kappa shape index (κ3) is 4.54. The van der Waals surface area contributed by atoms with Gasteiger partial charge in [0.2, 0.25) is 0 Å². The van der Waals surface area contributed by atoms with Crippen molar-refractivity contribution in [2.45, 2.75) is 48.2 Å². The number of halogens is 2. The SMILES string of the molecule is COC1(c2ccccc2)C(OCc2ccccc2)C(OCc2ccccc2)C(=O)N1C1CC1(F)Br. The Bertz CT molecular complexity index is 1150. The lowest BCUT2D eigenvalue weighted by Crippen LogP contribution is -2.53. The van der Waals surface area contributed by atoms with Crippen molar-refractivity contribution in [1.82, 2.24) is 4.90 Å². The number of benzene rings is 3. The molecule has 5 unspecified atom stereocenters. The topological polar surface area (TPSA) is 48.0 Å². The van der Waals surface area contributed by atoms with Gasteiger partial charge < -0.3 is 14.2 Å². The summed E-state index contributed by atoms with van der Waals surface area (Å²) in [5.74, 6) is -0.353. The molecule has 1 aliphatic carbocycles. The third-order valence-electron chi connectivity index (χ3n) is 6.65. The summed E-state index contributed by atoms with van der Waals surface area (Å²) < 4.78 is 32.2. The summed E-state index contributed by atoms with van der Waals surface area (Å²) in [6, 6.07) is 28.0. The van der Waals surface area contributed by atoms with Gasteiger partial charge in [0.15, 0.2) is 16.4 Å².